The number of nitrogens with one attached hydrogen (secondary N) is 1. The topological polar surface area (TPSA) is 58.6 Å². The molecule has 4 rings (SSSR count). The van der Waals surface area contributed by atoms with Crippen LogP contribution in [0, 0.1) is 0 Å². The van der Waals surface area contributed by atoms with E-state index in [0.29, 0.717) is 31.7 Å². The summed E-state index contributed by atoms with van der Waals surface area (Å²) in [4.78, 5) is 14.9. The molecule has 1 N–H and O–H groups in total. The first kappa shape index (κ1) is 20.1. The number of nitrogens with zero attached hydrogens (tertiary/aromatic N) is 1. The lowest BCUT2D eigenvalue weighted by Crippen LogP contribution is -2.46. The highest BCUT2D eigenvalue weighted by Crippen LogP contribution is 2.32. The summed E-state index contributed by atoms with van der Waals surface area (Å²) in [6, 6.07) is 16.6. The Morgan fingerprint density at radius 1 is 1.21 bits per heavy atom. The zero-order valence-electron chi connectivity index (χ0n) is 16.8. The predicted octanol–water partition coefficient (Wildman–Crippen LogP) is 3.31. The van der Waals surface area contributed by atoms with Crippen molar-refractivity contribution >= 4 is 16.9 Å². The highest BCUT2D eigenvalue weighted by atomic mass is 32.2. The number of benzene rings is 2. The van der Waals surface area contributed by atoms with Gasteiger partial charge < -0.3 is 9.64 Å². The van der Waals surface area contributed by atoms with Crippen LogP contribution in [0.3, 0.4) is 0 Å². The van der Waals surface area contributed by atoms with Crippen molar-refractivity contribution in [1.29, 1.82) is 0 Å². The molecule has 2 aromatic carbocycles. The van der Waals surface area contributed by atoms with Gasteiger partial charge in [-0.15, -0.1) is 0 Å². The summed E-state index contributed by atoms with van der Waals surface area (Å²) >= 11 is 0. The molecule has 0 saturated carbocycles. The molecule has 1 saturated heterocycles. The Hall–Kier alpha value is -2.18. The number of hydrogen-bond donors (Lipinski definition) is 1. The SMILES string of the molecule is CCS(=O)N[C@H]1CCN2C(=O)CCCOc3ccccc3-c3cccc(c3)C[C@@H]12. The lowest BCUT2D eigenvalue weighted by molar-refractivity contribution is -0.132. The third-order valence-electron chi connectivity index (χ3n) is 5.77. The van der Waals surface area contributed by atoms with Crippen LogP contribution in [-0.4, -0.2) is 46.0 Å². The van der Waals surface area contributed by atoms with Gasteiger partial charge in [-0.3, -0.25) is 4.79 Å². The van der Waals surface area contributed by atoms with E-state index in [4.69, 9.17) is 4.74 Å². The minimum atomic E-state index is -1.06. The van der Waals surface area contributed by atoms with E-state index in [9.17, 15) is 9.00 Å². The zero-order valence-corrected chi connectivity index (χ0v) is 17.6. The molecule has 5 nitrogen and oxygen atoms in total. The van der Waals surface area contributed by atoms with Gasteiger partial charge in [0.2, 0.25) is 5.91 Å². The Morgan fingerprint density at radius 2 is 2.07 bits per heavy atom. The van der Waals surface area contributed by atoms with Crippen LogP contribution < -0.4 is 9.46 Å². The zero-order chi connectivity index (χ0) is 20.2. The Balaban J connectivity index is 1.69. The smallest absolute Gasteiger partial charge is 0.223 e. The van der Waals surface area contributed by atoms with Crippen LogP contribution in [0.1, 0.15) is 31.7 Å². The highest BCUT2D eigenvalue weighted by Gasteiger charge is 2.37. The molecular weight excluding hydrogens is 384 g/mol. The summed E-state index contributed by atoms with van der Waals surface area (Å²) in [5.74, 6) is 1.59. The molecule has 0 aliphatic carbocycles. The third-order valence-corrected chi connectivity index (χ3v) is 6.86. The summed E-state index contributed by atoms with van der Waals surface area (Å²) in [6.45, 7) is 3.14. The van der Waals surface area contributed by atoms with Gasteiger partial charge in [0, 0.05) is 30.3 Å². The van der Waals surface area contributed by atoms with E-state index >= 15 is 0 Å². The number of fused-ring (bicyclic) bond motifs is 5. The fraction of sp³-hybridized carbons (Fsp3) is 0.435. The second-order valence-electron chi connectivity index (χ2n) is 7.65. The van der Waals surface area contributed by atoms with Crippen molar-refractivity contribution < 1.29 is 13.7 Å². The molecule has 6 heteroatoms. The normalized spacial score (nSPS) is 23.1. The average Bonchev–Trinajstić information content (AvgIpc) is 3.13. The molecule has 2 aliphatic rings. The van der Waals surface area contributed by atoms with Gasteiger partial charge in [-0.2, -0.15) is 0 Å². The molecule has 2 aromatic rings. The summed E-state index contributed by atoms with van der Waals surface area (Å²) in [7, 11) is -1.06. The molecule has 154 valence electrons. The maximum absolute atomic E-state index is 12.9. The highest BCUT2D eigenvalue weighted by molar-refractivity contribution is 7.83. The number of para-hydroxylation sites is 1. The van der Waals surface area contributed by atoms with Crippen molar-refractivity contribution in [3.05, 3.63) is 54.1 Å². The molecule has 3 atom stereocenters. The van der Waals surface area contributed by atoms with Crippen LogP contribution in [0.5, 0.6) is 5.75 Å². The second-order valence-corrected chi connectivity index (χ2v) is 9.16. The molecule has 0 aromatic heterocycles. The molecule has 29 heavy (non-hydrogen) atoms. The van der Waals surface area contributed by atoms with E-state index in [-0.39, 0.29) is 18.0 Å². The Labute approximate surface area is 175 Å². The van der Waals surface area contributed by atoms with Crippen molar-refractivity contribution in [3.8, 4) is 16.9 Å². The molecule has 1 fully saturated rings. The van der Waals surface area contributed by atoms with E-state index in [1.165, 1.54) is 5.56 Å². The molecular formula is C23H28N2O3S. The van der Waals surface area contributed by atoms with Gasteiger partial charge in [0.05, 0.1) is 23.6 Å². The molecule has 0 spiro atoms. The average molecular weight is 413 g/mol. The van der Waals surface area contributed by atoms with E-state index in [2.05, 4.69) is 35.1 Å². The summed E-state index contributed by atoms with van der Waals surface area (Å²) in [5.41, 5.74) is 3.37. The van der Waals surface area contributed by atoms with E-state index in [0.717, 1.165) is 29.7 Å². The van der Waals surface area contributed by atoms with Crippen LogP contribution in [0.25, 0.3) is 11.1 Å². The fourth-order valence-electron chi connectivity index (χ4n) is 4.29. The van der Waals surface area contributed by atoms with Gasteiger partial charge in [0.1, 0.15) is 5.75 Å². The summed E-state index contributed by atoms with van der Waals surface area (Å²) in [5, 5.41) is 0. The molecule has 2 bridgehead atoms. The molecule has 2 aliphatic heterocycles. The monoisotopic (exact) mass is 412 g/mol. The maximum atomic E-state index is 12.9. The van der Waals surface area contributed by atoms with Gasteiger partial charge in [0.25, 0.3) is 0 Å². The maximum Gasteiger partial charge on any atom is 0.223 e. The predicted molar refractivity (Wildman–Crippen MR) is 116 cm³/mol. The first-order chi connectivity index (χ1) is 14.2. The van der Waals surface area contributed by atoms with E-state index in [1.54, 1.807) is 0 Å². The van der Waals surface area contributed by atoms with E-state index < -0.39 is 11.0 Å². The summed E-state index contributed by atoms with van der Waals surface area (Å²) < 4.78 is 21.4. The molecule has 0 radical (unpaired) electrons. The number of carbonyl (C=O) groups excluding carboxylic acids is 1. The van der Waals surface area contributed by atoms with Gasteiger partial charge in [0.15, 0.2) is 0 Å². The fourth-order valence-corrected chi connectivity index (χ4v) is 5.07. The lowest BCUT2D eigenvalue weighted by atomic mass is 9.96. The lowest BCUT2D eigenvalue weighted by Gasteiger charge is -2.29. The first-order valence-electron chi connectivity index (χ1n) is 10.4. The largest absolute Gasteiger partial charge is 0.493 e. The number of rotatable bonds is 3. The Kier molecular flexibility index (Phi) is 6.31. The molecule has 1 unspecified atom stereocenters. The molecule has 1 amide bonds. The van der Waals surface area contributed by atoms with Gasteiger partial charge >= 0.3 is 0 Å². The Morgan fingerprint density at radius 3 is 2.93 bits per heavy atom. The van der Waals surface area contributed by atoms with Gasteiger partial charge in [-0.25, -0.2) is 8.93 Å². The molecule has 2 heterocycles. The third kappa shape index (κ3) is 4.54. The first-order valence-corrected chi connectivity index (χ1v) is 11.7. The number of amides is 1. The number of hydrogen-bond acceptors (Lipinski definition) is 3. The van der Waals surface area contributed by atoms with E-state index in [1.807, 2.05) is 30.0 Å². The van der Waals surface area contributed by atoms with Gasteiger partial charge in [-0.1, -0.05) is 49.4 Å². The quantitative estimate of drug-likeness (QED) is 0.841. The van der Waals surface area contributed by atoms with Crippen LogP contribution in [0.2, 0.25) is 0 Å². The summed E-state index contributed by atoms with van der Waals surface area (Å²) in [6.07, 6.45) is 2.75. The van der Waals surface area contributed by atoms with Crippen molar-refractivity contribution in [3.63, 3.8) is 0 Å². The van der Waals surface area contributed by atoms with Crippen molar-refractivity contribution in [2.45, 2.75) is 44.7 Å². The second kappa shape index (κ2) is 9.09. The van der Waals surface area contributed by atoms with Crippen LogP contribution in [-0.2, 0) is 22.2 Å². The van der Waals surface area contributed by atoms with Crippen molar-refractivity contribution in [2.24, 2.45) is 0 Å². The Bertz CT molecular complexity index is 901. The van der Waals surface area contributed by atoms with Crippen molar-refractivity contribution in [2.75, 3.05) is 18.9 Å². The number of carbonyl (C=O) groups is 1. The van der Waals surface area contributed by atoms with Crippen LogP contribution in [0.4, 0.5) is 0 Å². The van der Waals surface area contributed by atoms with Crippen LogP contribution >= 0.6 is 0 Å². The standard InChI is InChI=1S/C23H28N2O3S/c1-2-29(27)24-20-12-13-25-21(20)16-17-7-5-8-18(15-17)19-9-3-4-10-22(19)28-14-6-11-23(25)26/h3-5,7-10,15,20-21,24H,2,6,11-14,16H2,1H3/t20-,21-,29?/m0/s1. The minimum Gasteiger partial charge on any atom is -0.493 e. The number of ether oxygens (including phenoxy) is 1. The van der Waals surface area contributed by atoms with Crippen molar-refractivity contribution in [1.82, 2.24) is 9.62 Å². The van der Waals surface area contributed by atoms with Crippen LogP contribution in [0.15, 0.2) is 48.5 Å². The van der Waals surface area contributed by atoms with Gasteiger partial charge in [-0.05, 0) is 36.5 Å². The minimum absolute atomic E-state index is 0.0187.